The number of rotatable bonds is 4. The molecule has 0 fully saturated rings. The lowest BCUT2D eigenvalue weighted by Gasteiger charge is -2.28. The number of methoxy groups -OCH3 is 1. The first-order valence-corrected chi connectivity index (χ1v) is 9.46. The van der Waals surface area contributed by atoms with E-state index in [-0.39, 0.29) is 5.41 Å². The molecule has 1 nitrogen and oxygen atoms in total. The number of benzene rings is 2. The monoisotopic (exact) mass is 342 g/mol. The summed E-state index contributed by atoms with van der Waals surface area (Å²) in [5, 5.41) is 0. The van der Waals surface area contributed by atoms with E-state index >= 15 is 0 Å². The van der Waals surface area contributed by atoms with Crippen molar-refractivity contribution in [3.63, 3.8) is 0 Å². The Morgan fingerprint density at radius 2 is 1.32 bits per heavy atom. The van der Waals surface area contributed by atoms with Crippen LogP contribution in [0.15, 0.2) is 55.1 Å². The van der Waals surface area contributed by atoms with Crippen LogP contribution < -0.4 is 4.74 Å². The van der Waals surface area contributed by atoms with Crippen LogP contribution in [0.3, 0.4) is 0 Å². The minimum atomic E-state index is -0.106. The van der Waals surface area contributed by atoms with Crippen molar-refractivity contribution in [3.05, 3.63) is 71.8 Å². The summed E-state index contributed by atoms with van der Waals surface area (Å²) in [6.45, 7) is 20.3. The van der Waals surface area contributed by atoms with E-state index in [1.165, 1.54) is 11.1 Å². The fourth-order valence-electron chi connectivity index (χ4n) is 2.45. The fourth-order valence-corrected chi connectivity index (χ4v) is 2.45. The van der Waals surface area contributed by atoms with Crippen molar-refractivity contribution in [2.75, 3.05) is 7.11 Å². The molecule has 2 rings (SSSR count). The largest absolute Gasteiger partial charge is 0.496 e. The molecule has 0 aliphatic heterocycles. The molecule has 0 unspecified atom stereocenters. The van der Waals surface area contributed by atoms with Crippen molar-refractivity contribution in [1.82, 2.24) is 0 Å². The van der Waals surface area contributed by atoms with E-state index in [4.69, 9.17) is 4.74 Å². The molecule has 0 atom stereocenters. The topological polar surface area (TPSA) is 9.23 Å². The van der Waals surface area contributed by atoms with Crippen LogP contribution in [0.4, 0.5) is 0 Å². The van der Waals surface area contributed by atoms with Crippen LogP contribution in [-0.2, 0) is 5.41 Å². The lowest BCUT2D eigenvalue weighted by atomic mass is 9.77. The third-order valence-corrected chi connectivity index (χ3v) is 3.64. The Balaban J connectivity index is 0. The fraction of sp³-hybridized carbons (Fsp3) is 0.417. The standard InChI is InChI=1S/C18H20O.3C2H6/c1-5-14-10-9-13-16(17(14)19-4)18(2,3)15-11-7-6-8-12-15;3*1-2/h5-13H,1H2,2-4H3;3*1-2H3. The van der Waals surface area contributed by atoms with Crippen LogP contribution in [0.5, 0.6) is 5.75 Å². The van der Waals surface area contributed by atoms with Crippen molar-refractivity contribution in [3.8, 4) is 5.75 Å². The number of para-hydroxylation sites is 1. The highest BCUT2D eigenvalue weighted by Crippen LogP contribution is 2.39. The zero-order valence-corrected chi connectivity index (χ0v) is 17.8. The Morgan fingerprint density at radius 3 is 1.76 bits per heavy atom. The SMILES string of the molecule is C=Cc1cccc(C(C)(C)c2ccccc2)c1OC.CC.CC.CC. The maximum atomic E-state index is 5.60. The lowest BCUT2D eigenvalue weighted by molar-refractivity contribution is 0.400. The minimum absolute atomic E-state index is 0.106. The van der Waals surface area contributed by atoms with E-state index in [0.717, 1.165) is 11.3 Å². The van der Waals surface area contributed by atoms with Gasteiger partial charge in [0.15, 0.2) is 0 Å². The molecule has 140 valence electrons. The molecular weight excluding hydrogens is 304 g/mol. The quantitative estimate of drug-likeness (QED) is 0.552. The molecular formula is C24H38O. The predicted molar refractivity (Wildman–Crippen MR) is 116 cm³/mol. The van der Waals surface area contributed by atoms with Crippen molar-refractivity contribution in [2.24, 2.45) is 0 Å². The first kappa shape index (κ1) is 25.2. The Hall–Kier alpha value is -2.02. The van der Waals surface area contributed by atoms with Gasteiger partial charge in [-0.25, -0.2) is 0 Å². The zero-order valence-electron chi connectivity index (χ0n) is 17.8. The van der Waals surface area contributed by atoms with Crippen LogP contribution in [0.1, 0.15) is 72.1 Å². The molecule has 0 bridgehead atoms. The minimum Gasteiger partial charge on any atom is -0.496 e. The number of hydrogen-bond acceptors (Lipinski definition) is 1. The molecule has 0 saturated heterocycles. The average Bonchev–Trinajstić information content (AvgIpc) is 2.72. The number of hydrogen-bond donors (Lipinski definition) is 0. The third kappa shape index (κ3) is 6.78. The average molecular weight is 343 g/mol. The Bertz CT molecular complexity index is 568. The summed E-state index contributed by atoms with van der Waals surface area (Å²) in [4.78, 5) is 0. The van der Waals surface area contributed by atoms with Gasteiger partial charge in [0.2, 0.25) is 0 Å². The van der Waals surface area contributed by atoms with Gasteiger partial charge in [-0.2, -0.15) is 0 Å². The molecule has 25 heavy (non-hydrogen) atoms. The van der Waals surface area contributed by atoms with Crippen molar-refractivity contribution in [1.29, 1.82) is 0 Å². The highest BCUT2D eigenvalue weighted by atomic mass is 16.5. The van der Waals surface area contributed by atoms with Crippen LogP contribution >= 0.6 is 0 Å². The van der Waals surface area contributed by atoms with Gasteiger partial charge < -0.3 is 4.74 Å². The summed E-state index contributed by atoms with van der Waals surface area (Å²) in [6, 6.07) is 16.7. The lowest BCUT2D eigenvalue weighted by Crippen LogP contribution is -2.20. The van der Waals surface area contributed by atoms with E-state index in [0.29, 0.717) is 0 Å². The second-order valence-electron chi connectivity index (χ2n) is 5.12. The first-order valence-electron chi connectivity index (χ1n) is 9.46. The Kier molecular flexibility index (Phi) is 14.5. The maximum Gasteiger partial charge on any atom is 0.130 e. The van der Waals surface area contributed by atoms with Crippen LogP contribution in [0, 0.1) is 0 Å². The second-order valence-corrected chi connectivity index (χ2v) is 5.12. The molecule has 0 aliphatic carbocycles. The molecule has 0 saturated carbocycles. The third-order valence-electron chi connectivity index (χ3n) is 3.64. The molecule has 0 spiro atoms. The van der Waals surface area contributed by atoms with Crippen molar-refractivity contribution >= 4 is 6.08 Å². The molecule has 0 radical (unpaired) electrons. The van der Waals surface area contributed by atoms with E-state index in [9.17, 15) is 0 Å². The van der Waals surface area contributed by atoms with Gasteiger partial charge in [-0.05, 0) is 5.56 Å². The van der Waals surface area contributed by atoms with Gasteiger partial charge in [-0.15, -0.1) is 0 Å². The van der Waals surface area contributed by atoms with Crippen LogP contribution in [0.25, 0.3) is 6.08 Å². The first-order chi connectivity index (χ1) is 12.1. The Morgan fingerprint density at radius 1 is 0.800 bits per heavy atom. The van der Waals surface area contributed by atoms with E-state index < -0.39 is 0 Å². The van der Waals surface area contributed by atoms with Gasteiger partial charge in [0.25, 0.3) is 0 Å². The van der Waals surface area contributed by atoms with Gasteiger partial charge >= 0.3 is 0 Å². The highest BCUT2D eigenvalue weighted by molar-refractivity contribution is 5.61. The van der Waals surface area contributed by atoms with Gasteiger partial charge in [-0.3, -0.25) is 0 Å². The maximum absolute atomic E-state index is 5.60. The summed E-state index contributed by atoms with van der Waals surface area (Å²) in [6.07, 6.45) is 1.84. The Labute approximate surface area is 156 Å². The van der Waals surface area contributed by atoms with Crippen molar-refractivity contribution < 1.29 is 4.74 Å². The number of ether oxygens (including phenoxy) is 1. The molecule has 1 heteroatoms. The summed E-state index contributed by atoms with van der Waals surface area (Å²) in [5.41, 5.74) is 3.38. The summed E-state index contributed by atoms with van der Waals surface area (Å²) >= 11 is 0. The zero-order chi connectivity index (χ0) is 19.9. The molecule has 0 N–H and O–H groups in total. The van der Waals surface area contributed by atoms with Gasteiger partial charge in [-0.1, -0.05) is 117 Å². The molecule has 2 aromatic rings. The highest BCUT2D eigenvalue weighted by Gasteiger charge is 2.27. The second kappa shape index (κ2) is 14.3. The summed E-state index contributed by atoms with van der Waals surface area (Å²) < 4.78 is 5.60. The van der Waals surface area contributed by atoms with Crippen LogP contribution in [0.2, 0.25) is 0 Å². The van der Waals surface area contributed by atoms with E-state index in [2.05, 4.69) is 56.8 Å². The predicted octanol–water partition coefficient (Wildman–Crippen LogP) is 7.74. The molecule has 0 amide bonds. The van der Waals surface area contributed by atoms with Gasteiger partial charge in [0.05, 0.1) is 7.11 Å². The normalized spacial score (nSPS) is 9.16. The van der Waals surface area contributed by atoms with Gasteiger partial charge in [0, 0.05) is 16.5 Å². The van der Waals surface area contributed by atoms with E-state index in [1.54, 1.807) is 7.11 Å². The molecule has 2 aromatic carbocycles. The van der Waals surface area contributed by atoms with Crippen molar-refractivity contribution in [2.45, 2.75) is 60.8 Å². The van der Waals surface area contributed by atoms with Gasteiger partial charge in [0.1, 0.15) is 5.75 Å². The molecule has 0 aromatic heterocycles. The summed E-state index contributed by atoms with van der Waals surface area (Å²) in [5.74, 6) is 0.909. The van der Waals surface area contributed by atoms with E-state index in [1.807, 2.05) is 59.8 Å². The smallest absolute Gasteiger partial charge is 0.130 e. The molecule has 0 aliphatic rings. The summed E-state index contributed by atoms with van der Waals surface area (Å²) in [7, 11) is 1.72. The van der Waals surface area contributed by atoms with Crippen LogP contribution in [-0.4, -0.2) is 7.11 Å². The molecule has 0 heterocycles.